The van der Waals surface area contributed by atoms with Gasteiger partial charge in [0.05, 0.1) is 14.2 Å². The maximum absolute atomic E-state index is 11.6. The van der Waals surface area contributed by atoms with Crippen molar-refractivity contribution < 1.29 is 14.3 Å². The van der Waals surface area contributed by atoms with Gasteiger partial charge in [0.2, 0.25) is 0 Å². The zero-order valence-electron chi connectivity index (χ0n) is 10.8. The fraction of sp³-hybridized carbons (Fsp3) is 0.133. The average Bonchev–Trinajstić information content (AvgIpc) is 2.45. The van der Waals surface area contributed by atoms with Crippen molar-refractivity contribution in [3.05, 3.63) is 48.0 Å². The maximum atomic E-state index is 11.6. The van der Waals surface area contributed by atoms with E-state index in [0.29, 0.717) is 17.0 Å². The lowest BCUT2D eigenvalue weighted by molar-refractivity contribution is 0.0597. The highest BCUT2D eigenvalue weighted by molar-refractivity contribution is 5.93. The van der Waals surface area contributed by atoms with E-state index >= 15 is 0 Å². The van der Waals surface area contributed by atoms with Crippen LogP contribution in [-0.4, -0.2) is 20.2 Å². The number of nitrogen functional groups attached to an aromatic ring is 1. The van der Waals surface area contributed by atoms with Gasteiger partial charge in [-0.2, -0.15) is 0 Å². The van der Waals surface area contributed by atoms with E-state index < -0.39 is 5.97 Å². The molecule has 2 aromatic rings. The van der Waals surface area contributed by atoms with Gasteiger partial charge in [-0.3, -0.25) is 0 Å². The SMILES string of the molecule is COC(=O)c1ccc(-c2cccc(N)c2)cc1OC. The summed E-state index contributed by atoms with van der Waals surface area (Å²) >= 11 is 0. The molecule has 0 saturated heterocycles. The first-order chi connectivity index (χ1) is 9.15. The zero-order chi connectivity index (χ0) is 13.8. The summed E-state index contributed by atoms with van der Waals surface area (Å²) in [6.45, 7) is 0. The Morgan fingerprint density at radius 1 is 1.05 bits per heavy atom. The van der Waals surface area contributed by atoms with Gasteiger partial charge in [0.1, 0.15) is 11.3 Å². The number of anilines is 1. The van der Waals surface area contributed by atoms with E-state index in [9.17, 15) is 4.79 Å². The molecule has 2 rings (SSSR count). The van der Waals surface area contributed by atoms with Crippen LogP contribution in [0.4, 0.5) is 5.69 Å². The molecule has 0 aliphatic carbocycles. The Morgan fingerprint density at radius 2 is 1.79 bits per heavy atom. The number of ether oxygens (including phenoxy) is 2. The lowest BCUT2D eigenvalue weighted by atomic mass is 10.0. The summed E-state index contributed by atoms with van der Waals surface area (Å²) in [7, 11) is 2.86. The molecule has 0 unspecified atom stereocenters. The number of nitrogens with two attached hydrogens (primary N) is 1. The van der Waals surface area contributed by atoms with Crippen LogP contribution in [-0.2, 0) is 4.74 Å². The van der Waals surface area contributed by atoms with Crippen molar-refractivity contribution in [2.45, 2.75) is 0 Å². The summed E-state index contributed by atoms with van der Waals surface area (Å²) in [5, 5.41) is 0. The van der Waals surface area contributed by atoms with Crippen molar-refractivity contribution in [2.24, 2.45) is 0 Å². The van der Waals surface area contributed by atoms with Gasteiger partial charge in [0.25, 0.3) is 0 Å². The van der Waals surface area contributed by atoms with Crippen molar-refractivity contribution in [1.82, 2.24) is 0 Å². The van der Waals surface area contributed by atoms with Gasteiger partial charge in [-0.15, -0.1) is 0 Å². The van der Waals surface area contributed by atoms with E-state index in [1.54, 1.807) is 12.1 Å². The summed E-state index contributed by atoms with van der Waals surface area (Å²) in [4.78, 5) is 11.6. The number of esters is 1. The first kappa shape index (κ1) is 13.0. The second kappa shape index (κ2) is 5.44. The fourth-order valence-corrected chi connectivity index (χ4v) is 1.87. The van der Waals surface area contributed by atoms with Crippen molar-refractivity contribution in [3.63, 3.8) is 0 Å². The van der Waals surface area contributed by atoms with Crippen molar-refractivity contribution in [1.29, 1.82) is 0 Å². The molecule has 2 aromatic carbocycles. The molecule has 0 amide bonds. The Labute approximate surface area is 111 Å². The Balaban J connectivity index is 2.47. The largest absolute Gasteiger partial charge is 0.496 e. The number of carbonyl (C=O) groups excluding carboxylic acids is 1. The third-order valence-corrected chi connectivity index (χ3v) is 2.83. The summed E-state index contributed by atoms with van der Waals surface area (Å²) in [5.41, 5.74) is 8.74. The minimum atomic E-state index is -0.420. The highest BCUT2D eigenvalue weighted by Crippen LogP contribution is 2.28. The van der Waals surface area contributed by atoms with Gasteiger partial charge >= 0.3 is 5.97 Å². The number of hydrogen-bond donors (Lipinski definition) is 1. The molecule has 4 nitrogen and oxygen atoms in total. The van der Waals surface area contributed by atoms with E-state index in [0.717, 1.165) is 11.1 Å². The molecule has 19 heavy (non-hydrogen) atoms. The van der Waals surface area contributed by atoms with Gasteiger partial charge < -0.3 is 15.2 Å². The number of methoxy groups -OCH3 is 2. The summed E-state index contributed by atoms with van der Waals surface area (Å²) in [6.07, 6.45) is 0. The first-order valence-electron chi connectivity index (χ1n) is 5.78. The Kier molecular flexibility index (Phi) is 3.71. The second-order valence-electron chi connectivity index (χ2n) is 4.03. The molecule has 0 fully saturated rings. The zero-order valence-corrected chi connectivity index (χ0v) is 10.8. The van der Waals surface area contributed by atoms with Gasteiger partial charge in [0.15, 0.2) is 0 Å². The van der Waals surface area contributed by atoms with Crippen LogP contribution in [0.25, 0.3) is 11.1 Å². The van der Waals surface area contributed by atoms with Crippen molar-refractivity contribution >= 4 is 11.7 Å². The van der Waals surface area contributed by atoms with Crippen LogP contribution in [0.5, 0.6) is 5.75 Å². The van der Waals surface area contributed by atoms with Crippen LogP contribution in [0.15, 0.2) is 42.5 Å². The van der Waals surface area contributed by atoms with Crippen molar-refractivity contribution in [3.8, 4) is 16.9 Å². The van der Waals surface area contributed by atoms with Crippen LogP contribution in [0.3, 0.4) is 0 Å². The van der Waals surface area contributed by atoms with E-state index in [4.69, 9.17) is 15.2 Å². The number of hydrogen-bond acceptors (Lipinski definition) is 4. The summed E-state index contributed by atoms with van der Waals surface area (Å²) in [5.74, 6) is 0.0581. The van der Waals surface area contributed by atoms with Crippen LogP contribution < -0.4 is 10.5 Å². The van der Waals surface area contributed by atoms with E-state index in [-0.39, 0.29) is 0 Å². The van der Waals surface area contributed by atoms with Crippen LogP contribution in [0.1, 0.15) is 10.4 Å². The van der Waals surface area contributed by atoms with E-state index in [1.807, 2.05) is 30.3 Å². The molecule has 0 radical (unpaired) electrons. The molecule has 0 aliphatic heterocycles. The summed E-state index contributed by atoms with van der Waals surface area (Å²) < 4.78 is 9.93. The number of rotatable bonds is 3. The molecule has 0 aromatic heterocycles. The first-order valence-corrected chi connectivity index (χ1v) is 5.78. The van der Waals surface area contributed by atoms with E-state index in [1.165, 1.54) is 14.2 Å². The molecular weight excluding hydrogens is 242 g/mol. The summed E-state index contributed by atoms with van der Waals surface area (Å²) in [6, 6.07) is 12.8. The molecule has 0 spiro atoms. The number of carbonyl (C=O) groups is 1. The predicted molar refractivity (Wildman–Crippen MR) is 74.2 cm³/mol. The predicted octanol–water partition coefficient (Wildman–Crippen LogP) is 2.73. The molecule has 0 aliphatic rings. The molecule has 2 N–H and O–H groups in total. The topological polar surface area (TPSA) is 61.5 Å². The Hall–Kier alpha value is -2.49. The quantitative estimate of drug-likeness (QED) is 0.678. The van der Waals surface area contributed by atoms with Gasteiger partial charge in [-0.1, -0.05) is 18.2 Å². The van der Waals surface area contributed by atoms with Crippen LogP contribution in [0.2, 0.25) is 0 Å². The van der Waals surface area contributed by atoms with Crippen molar-refractivity contribution in [2.75, 3.05) is 20.0 Å². The third kappa shape index (κ3) is 2.68. The van der Waals surface area contributed by atoms with E-state index in [2.05, 4.69) is 0 Å². The number of benzene rings is 2. The van der Waals surface area contributed by atoms with Crippen LogP contribution in [0, 0.1) is 0 Å². The smallest absolute Gasteiger partial charge is 0.341 e. The molecule has 98 valence electrons. The Bertz CT molecular complexity index is 608. The lowest BCUT2D eigenvalue weighted by Crippen LogP contribution is -2.04. The highest BCUT2D eigenvalue weighted by atomic mass is 16.5. The standard InChI is InChI=1S/C15H15NO3/c1-18-14-9-11(6-7-13(14)15(17)19-2)10-4-3-5-12(16)8-10/h3-9H,16H2,1-2H3. The molecule has 0 bridgehead atoms. The fourth-order valence-electron chi connectivity index (χ4n) is 1.87. The monoisotopic (exact) mass is 257 g/mol. The van der Waals surface area contributed by atoms with Gasteiger partial charge in [-0.25, -0.2) is 4.79 Å². The average molecular weight is 257 g/mol. The maximum Gasteiger partial charge on any atom is 0.341 e. The Morgan fingerprint density at radius 3 is 2.42 bits per heavy atom. The minimum Gasteiger partial charge on any atom is -0.496 e. The molecule has 0 heterocycles. The minimum absolute atomic E-state index is 0.401. The molecule has 4 heteroatoms. The molecular formula is C15H15NO3. The van der Waals surface area contributed by atoms with Crippen LogP contribution >= 0.6 is 0 Å². The normalized spacial score (nSPS) is 10.0. The second-order valence-corrected chi connectivity index (χ2v) is 4.03. The highest BCUT2D eigenvalue weighted by Gasteiger charge is 2.13. The molecule has 0 saturated carbocycles. The van der Waals surface area contributed by atoms with Gasteiger partial charge in [-0.05, 0) is 35.4 Å². The van der Waals surface area contributed by atoms with Gasteiger partial charge in [0, 0.05) is 5.69 Å². The third-order valence-electron chi connectivity index (χ3n) is 2.83. The lowest BCUT2D eigenvalue weighted by Gasteiger charge is -2.09. The molecule has 0 atom stereocenters.